The summed E-state index contributed by atoms with van der Waals surface area (Å²) in [5.41, 5.74) is 7.48. The molecule has 76 valence electrons. The molecule has 0 saturated carbocycles. The van der Waals surface area contributed by atoms with Crippen LogP contribution in [-0.2, 0) is 6.42 Å². The van der Waals surface area contributed by atoms with Gasteiger partial charge in [-0.1, -0.05) is 12.1 Å². The van der Waals surface area contributed by atoms with Gasteiger partial charge in [0.15, 0.2) is 0 Å². The average Bonchev–Trinajstić information content (AvgIpc) is 2.07. The van der Waals surface area contributed by atoms with E-state index in [4.69, 9.17) is 5.73 Å². The maximum Gasteiger partial charge on any atom is 0.272 e. The van der Waals surface area contributed by atoms with Crippen molar-refractivity contribution in [3.8, 4) is 0 Å². The van der Waals surface area contributed by atoms with Crippen LogP contribution in [0.1, 0.15) is 18.1 Å². The van der Waals surface area contributed by atoms with E-state index in [1.54, 1.807) is 6.07 Å². The van der Waals surface area contributed by atoms with Crippen molar-refractivity contribution in [2.45, 2.75) is 26.3 Å². The van der Waals surface area contributed by atoms with E-state index >= 15 is 0 Å². The summed E-state index contributed by atoms with van der Waals surface area (Å²) in [6.07, 6.45) is 0.545. The Morgan fingerprint density at radius 1 is 1.57 bits per heavy atom. The van der Waals surface area contributed by atoms with Crippen LogP contribution in [0.2, 0.25) is 0 Å². The van der Waals surface area contributed by atoms with Gasteiger partial charge in [-0.05, 0) is 25.8 Å². The lowest BCUT2D eigenvalue weighted by Gasteiger charge is -2.08. The molecule has 1 atom stereocenters. The van der Waals surface area contributed by atoms with Crippen molar-refractivity contribution in [3.05, 3.63) is 39.4 Å². The Balaban J connectivity index is 3.15. The third kappa shape index (κ3) is 2.29. The molecule has 0 unspecified atom stereocenters. The fourth-order valence-corrected chi connectivity index (χ4v) is 1.45. The molecule has 0 heterocycles. The molecule has 0 amide bonds. The molecule has 0 aromatic heterocycles. The SMILES string of the molecule is Cc1cccc([N+](=O)[O-])c1C[C@H](C)N. The fraction of sp³-hybridized carbons (Fsp3) is 0.400. The van der Waals surface area contributed by atoms with Gasteiger partial charge in [-0.15, -0.1) is 0 Å². The Bertz CT molecular complexity index is 348. The zero-order chi connectivity index (χ0) is 10.7. The van der Waals surface area contributed by atoms with Gasteiger partial charge in [-0.2, -0.15) is 0 Å². The molecular formula is C10H14N2O2. The van der Waals surface area contributed by atoms with E-state index in [2.05, 4.69) is 0 Å². The van der Waals surface area contributed by atoms with E-state index in [0.717, 1.165) is 11.1 Å². The highest BCUT2D eigenvalue weighted by atomic mass is 16.6. The van der Waals surface area contributed by atoms with Crippen molar-refractivity contribution in [2.24, 2.45) is 5.73 Å². The smallest absolute Gasteiger partial charge is 0.272 e. The third-order valence-electron chi connectivity index (χ3n) is 2.11. The zero-order valence-corrected chi connectivity index (χ0v) is 8.36. The third-order valence-corrected chi connectivity index (χ3v) is 2.11. The molecule has 14 heavy (non-hydrogen) atoms. The van der Waals surface area contributed by atoms with Gasteiger partial charge >= 0.3 is 0 Å². The Morgan fingerprint density at radius 3 is 2.71 bits per heavy atom. The molecule has 1 aromatic carbocycles. The van der Waals surface area contributed by atoms with E-state index in [9.17, 15) is 10.1 Å². The minimum atomic E-state index is -0.356. The number of benzene rings is 1. The van der Waals surface area contributed by atoms with Crippen molar-refractivity contribution in [1.29, 1.82) is 0 Å². The Kier molecular flexibility index (Phi) is 3.19. The van der Waals surface area contributed by atoms with E-state index < -0.39 is 0 Å². The van der Waals surface area contributed by atoms with Crippen molar-refractivity contribution < 1.29 is 4.92 Å². The standard InChI is InChI=1S/C10H14N2O2/c1-7-4-3-5-10(12(13)14)9(7)6-8(2)11/h3-5,8H,6,11H2,1-2H3/t8-/m0/s1. The molecule has 0 spiro atoms. The number of aryl methyl sites for hydroxylation is 1. The summed E-state index contributed by atoms with van der Waals surface area (Å²) >= 11 is 0. The molecule has 0 aliphatic carbocycles. The molecule has 4 heteroatoms. The summed E-state index contributed by atoms with van der Waals surface area (Å²) in [6.45, 7) is 3.71. The molecular weight excluding hydrogens is 180 g/mol. The largest absolute Gasteiger partial charge is 0.328 e. The number of rotatable bonds is 3. The first kappa shape index (κ1) is 10.7. The molecule has 1 rings (SSSR count). The predicted molar refractivity (Wildman–Crippen MR) is 55.2 cm³/mol. The molecule has 0 aliphatic heterocycles. The molecule has 2 N–H and O–H groups in total. The van der Waals surface area contributed by atoms with Crippen LogP contribution in [0.4, 0.5) is 5.69 Å². The quantitative estimate of drug-likeness (QED) is 0.589. The van der Waals surface area contributed by atoms with Gasteiger partial charge < -0.3 is 5.73 Å². The van der Waals surface area contributed by atoms with Gasteiger partial charge in [0.1, 0.15) is 0 Å². The van der Waals surface area contributed by atoms with Crippen LogP contribution in [-0.4, -0.2) is 11.0 Å². The molecule has 1 aromatic rings. The van der Waals surface area contributed by atoms with Crippen molar-refractivity contribution in [2.75, 3.05) is 0 Å². The molecule has 0 aliphatic rings. The summed E-state index contributed by atoms with van der Waals surface area (Å²) in [4.78, 5) is 10.4. The molecule has 4 nitrogen and oxygen atoms in total. The van der Waals surface area contributed by atoms with Crippen LogP contribution in [0, 0.1) is 17.0 Å². The van der Waals surface area contributed by atoms with Crippen molar-refractivity contribution in [1.82, 2.24) is 0 Å². The first-order chi connectivity index (χ1) is 6.52. The zero-order valence-electron chi connectivity index (χ0n) is 8.36. The van der Waals surface area contributed by atoms with Gasteiger partial charge in [0.2, 0.25) is 0 Å². The highest BCUT2D eigenvalue weighted by Gasteiger charge is 2.15. The van der Waals surface area contributed by atoms with Gasteiger partial charge in [-0.25, -0.2) is 0 Å². The maximum atomic E-state index is 10.7. The molecule has 0 saturated heterocycles. The van der Waals surface area contributed by atoms with Gasteiger partial charge in [-0.3, -0.25) is 10.1 Å². The summed E-state index contributed by atoms with van der Waals surface area (Å²) in [5, 5.41) is 10.7. The van der Waals surface area contributed by atoms with Crippen molar-refractivity contribution in [3.63, 3.8) is 0 Å². The minimum Gasteiger partial charge on any atom is -0.328 e. The second-order valence-electron chi connectivity index (χ2n) is 3.51. The first-order valence-electron chi connectivity index (χ1n) is 4.51. The lowest BCUT2D eigenvalue weighted by molar-refractivity contribution is -0.385. The average molecular weight is 194 g/mol. The van der Waals surface area contributed by atoms with E-state index in [1.165, 1.54) is 6.07 Å². The number of nitrogens with zero attached hydrogens (tertiary/aromatic N) is 1. The van der Waals surface area contributed by atoms with Gasteiger partial charge in [0, 0.05) is 17.7 Å². The molecule has 0 radical (unpaired) electrons. The summed E-state index contributed by atoms with van der Waals surface area (Å²) < 4.78 is 0. The second-order valence-corrected chi connectivity index (χ2v) is 3.51. The van der Waals surface area contributed by atoms with E-state index in [1.807, 2.05) is 19.9 Å². The van der Waals surface area contributed by atoms with E-state index in [0.29, 0.717) is 6.42 Å². The highest BCUT2D eigenvalue weighted by molar-refractivity contribution is 5.45. The number of nitrogens with two attached hydrogens (primary N) is 1. The van der Waals surface area contributed by atoms with Crippen LogP contribution in [0.5, 0.6) is 0 Å². The van der Waals surface area contributed by atoms with Crippen LogP contribution in [0.15, 0.2) is 18.2 Å². The number of nitro benzene ring substituents is 1. The molecule has 0 bridgehead atoms. The summed E-state index contributed by atoms with van der Waals surface area (Å²) in [7, 11) is 0. The lowest BCUT2D eigenvalue weighted by atomic mass is 10.0. The number of nitro groups is 1. The van der Waals surface area contributed by atoms with Crippen LogP contribution < -0.4 is 5.73 Å². The minimum absolute atomic E-state index is 0.0604. The predicted octanol–water partition coefficient (Wildman–Crippen LogP) is 1.79. The Hall–Kier alpha value is -1.42. The fourth-order valence-electron chi connectivity index (χ4n) is 1.45. The topological polar surface area (TPSA) is 69.2 Å². The Morgan fingerprint density at radius 2 is 2.21 bits per heavy atom. The summed E-state index contributed by atoms with van der Waals surface area (Å²) in [6, 6.07) is 5.02. The lowest BCUT2D eigenvalue weighted by Crippen LogP contribution is -2.19. The van der Waals surface area contributed by atoms with Crippen LogP contribution >= 0.6 is 0 Å². The maximum absolute atomic E-state index is 10.7. The monoisotopic (exact) mass is 194 g/mol. The van der Waals surface area contributed by atoms with Gasteiger partial charge in [0.05, 0.1) is 4.92 Å². The second kappa shape index (κ2) is 4.19. The first-order valence-corrected chi connectivity index (χ1v) is 4.51. The molecule has 0 fully saturated rings. The van der Waals surface area contributed by atoms with E-state index in [-0.39, 0.29) is 16.7 Å². The highest BCUT2D eigenvalue weighted by Crippen LogP contribution is 2.22. The summed E-state index contributed by atoms with van der Waals surface area (Å²) in [5.74, 6) is 0. The Labute approximate surface area is 82.9 Å². The number of hydrogen-bond acceptors (Lipinski definition) is 3. The normalized spacial score (nSPS) is 12.5. The van der Waals surface area contributed by atoms with Gasteiger partial charge in [0.25, 0.3) is 5.69 Å². The number of hydrogen-bond donors (Lipinski definition) is 1. The van der Waals surface area contributed by atoms with Crippen molar-refractivity contribution >= 4 is 5.69 Å². The van der Waals surface area contributed by atoms with Crippen LogP contribution in [0.3, 0.4) is 0 Å². The van der Waals surface area contributed by atoms with Crippen LogP contribution in [0.25, 0.3) is 0 Å².